The van der Waals surface area contributed by atoms with Gasteiger partial charge in [0.05, 0.1) is 19.3 Å². The van der Waals surface area contributed by atoms with Gasteiger partial charge in [-0.2, -0.15) is 5.10 Å². The Balaban J connectivity index is 1.40. The Bertz CT molecular complexity index is 916. The molecule has 3 rings (SSSR count). The molecule has 0 spiro atoms. The van der Waals surface area contributed by atoms with Gasteiger partial charge in [0.1, 0.15) is 11.6 Å². The van der Waals surface area contributed by atoms with Crippen molar-refractivity contribution in [3.63, 3.8) is 0 Å². The van der Waals surface area contributed by atoms with Gasteiger partial charge < -0.3 is 5.11 Å². The molecule has 0 aromatic heterocycles. The predicted molar refractivity (Wildman–Crippen MR) is 108 cm³/mol. The third-order valence-electron chi connectivity index (χ3n) is 4.69. The van der Waals surface area contributed by atoms with Gasteiger partial charge in [-0.3, -0.25) is 14.6 Å². The van der Waals surface area contributed by atoms with Crippen LogP contribution in [-0.2, 0) is 11.3 Å². The molecule has 0 radical (unpaired) electrons. The fourth-order valence-electron chi connectivity index (χ4n) is 3.08. The van der Waals surface area contributed by atoms with Crippen molar-refractivity contribution in [2.75, 3.05) is 32.7 Å². The van der Waals surface area contributed by atoms with Gasteiger partial charge in [0.2, 0.25) is 0 Å². The summed E-state index contributed by atoms with van der Waals surface area (Å²) in [6, 6.07) is 11.1. The highest BCUT2D eigenvalue weighted by Crippen LogP contribution is 2.16. The minimum atomic E-state index is -0.490. The summed E-state index contributed by atoms with van der Waals surface area (Å²) in [6.07, 6.45) is 1.22. The van der Waals surface area contributed by atoms with E-state index in [0.717, 1.165) is 44.9 Å². The summed E-state index contributed by atoms with van der Waals surface area (Å²) in [5.74, 6) is -0.861. The van der Waals surface area contributed by atoms with E-state index in [1.165, 1.54) is 17.8 Å². The van der Waals surface area contributed by atoms with E-state index < -0.39 is 5.82 Å². The Hall–Kier alpha value is -3.28. The molecule has 1 amide bonds. The Kier molecular flexibility index (Phi) is 6.89. The van der Waals surface area contributed by atoms with Gasteiger partial charge in [-0.1, -0.05) is 24.3 Å². The first kappa shape index (κ1) is 20.5. The summed E-state index contributed by atoms with van der Waals surface area (Å²) in [5, 5.41) is 13.4. The highest BCUT2D eigenvalue weighted by atomic mass is 19.1. The number of nitrogens with one attached hydrogen (secondary N) is 1. The molecule has 8 heteroatoms. The first-order chi connectivity index (χ1) is 14.0. The summed E-state index contributed by atoms with van der Waals surface area (Å²) in [6.45, 7) is 11.3. The number of amides is 1. The van der Waals surface area contributed by atoms with E-state index in [1.807, 2.05) is 29.2 Å². The normalized spacial score (nSPS) is 15.3. The first-order valence-corrected chi connectivity index (χ1v) is 9.25. The standard InChI is InChI=1S/C21H22FN5O2/c1-23-19-5-2-16(3-6-19)14-26-8-10-27(11-9-26)15-21(29)25-24-13-17-12-18(22)4-7-20(17)28/h2-7,12-13,28H,8-11,14-15H2,(H,25,29)/b24-13+. The lowest BCUT2D eigenvalue weighted by atomic mass is 10.2. The van der Waals surface area contributed by atoms with Gasteiger partial charge in [0, 0.05) is 38.3 Å². The number of carbonyl (C=O) groups excluding carboxylic acids is 1. The SMILES string of the molecule is [C-]#[N+]c1ccc(CN2CCN(CC(=O)N/N=C/c3cc(F)ccc3O)CC2)cc1. The number of hydrogen-bond donors (Lipinski definition) is 2. The van der Waals surface area contributed by atoms with Crippen LogP contribution in [0, 0.1) is 12.4 Å². The van der Waals surface area contributed by atoms with Crippen molar-refractivity contribution in [1.29, 1.82) is 0 Å². The van der Waals surface area contributed by atoms with Crippen LogP contribution in [-0.4, -0.2) is 59.8 Å². The van der Waals surface area contributed by atoms with Gasteiger partial charge in [-0.15, -0.1) is 0 Å². The van der Waals surface area contributed by atoms with Gasteiger partial charge in [0.15, 0.2) is 5.69 Å². The van der Waals surface area contributed by atoms with Crippen LogP contribution < -0.4 is 5.43 Å². The average Bonchev–Trinajstić information content (AvgIpc) is 2.72. The largest absolute Gasteiger partial charge is 0.507 e. The van der Waals surface area contributed by atoms with Gasteiger partial charge in [0.25, 0.3) is 5.91 Å². The highest BCUT2D eigenvalue weighted by Gasteiger charge is 2.18. The molecule has 1 fully saturated rings. The van der Waals surface area contributed by atoms with Crippen molar-refractivity contribution < 1.29 is 14.3 Å². The molecule has 0 saturated carbocycles. The molecule has 0 unspecified atom stereocenters. The lowest BCUT2D eigenvalue weighted by molar-refractivity contribution is -0.122. The minimum Gasteiger partial charge on any atom is -0.507 e. The van der Waals surface area contributed by atoms with E-state index in [2.05, 4.69) is 20.3 Å². The molecule has 0 aliphatic carbocycles. The van der Waals surface area contributed by atoms with E-state index in [1.54, 1.807) is 0 Å². The highest BCUT2D eigenvalue weighted by molar-refractivity contribution is 5.85. The topological polar surface area (TPSA) is 72.5 Å². The number of rotatable bonds is 6. The number of benzene rings is 2. The number of nitrogens with zero attached hydrogens (tertiary/aromatic N) is 4. The molecule has 1 aliphatic rings. The lowest BCUT2D eigenvalue weighted by Crippen LogP contribution is -2.48. The number of aromatic hydroxyl groups is 1. The maximum absolute atomic E-state index is 13.2. The quantitative estimate of drug-likeness (QED) is 0.447. The van der Waals surface area contributed by atoms with Crippen LogP contribution in [0.2, 0.25) is 0 Å². The van der Waals surface area contributed by atoms with Crippen LogP contribution in [0.3, 0.4) is 0 Å². The summed E-state index contributed by atoms with van der Waals surface area (Å²) in [7, 11) is 0. The molecule has 7 nitrogen and oxygen atoms in total. The molecule has 29 heavy (non-hydrogen) atoms. The summed E-state index contributed by atoms with van der Waals surface area (Å²) < 4.78 is 13.2. The number of phenolic OH excluding ortho intramolecular Hbond substituents is 1. The van der Waals surface area contributed by atoms with Crippen molar-refractivity contribution in [1.82, 2.24) is 15.2 Å². The van der Waals surface area contributed by atoms with Crippen LogP contribution in [0.5, 0.6) is 5.75 Å². The number of piperazine rings is 1. The Labute approximate surface area is 168 Å². The van der Waals surface area contributed by atoms with E-state index in [-0.39, 0.29) is 23.8 Å². The molecule has 0 bridgehead atoms. The zero-order valence-electron chi connectivity index (χ0n) is 15.9. The second kappa shape index (κ2) is 9.78. The number of halogens is 1. The summed E-state index contributed by atoms with van der Waals surface area (Å²) in [4.78, 5) is 19.8. The zero-order valence-corrected chi connectivity index (χ0v) is 15.9. The second-order valence-electron chi connectivity index (χ2n) is 6.83. The van der Waals surface area contributed by atoms with E-state index in [4.69, 9.17) is 6.57 Å². The van der Waals surface area contributed by atoms with E-state index in [9.17, 15) is 14.3 Å². The monoisotopic (exact) mass is 395 g/mol. The number of carbonyl (C=O) groups is 1. The molecule has 2 N–H and O–H groups in total. The van der Waals surface area contributed by atoms with Gasteiger partial charge in [-0.25, -0.2) is 14.7 Å². The summed E-state index contributed by atoms with van der Waals surface area (Å²) >= 11 is 0. The fourth-order valence-corrected chi connectivity index (χ4v) is 3.08. The molecule has 1 heterocycles. The molecular weight excluding hydrogens is 373 g/mol. The minimum absolute atomic E-state index is 0.107. The van der Waals surface area contributed by atoms with Crippen molar-refractivity contribution in [2.24, 2.45) is 5.10 Å². The average molecular weight is 395 g/mol. The molecule has 0 atom stereocenters. The molecular formula is C21H22FN5O2. The third-order valence-corrected chi connectivity index (χ3v) is 4.69. The Morgan fingerprint density at radius 2 is 1.86 bits per heavy atom. The van der Waals surface area contributed by atoms with E-state index in [0.29, 0.717) is 5.69 Å². The number of hydrazone groups is 1. The van der Waals surface area contributed by atoms with Crippen LogP contribution in [0.25, 0.3) is 4.85 Å². The maximum Gasteiger partial charge on any atom is 0.254 e. The fraction of sp³-hybridized carbons (Fsp3) is 0.286. The van der Waals surface area contributed by atoms with Crippen molar-refractivity contribution >= 4 is 17.8 Å². The van der Waals surface area contributed by atoms with Crippen LogP contribution in [0.4, 0.5) is 10.1 Å². The van der Waals surface area contributed by atoms with Gasteiger partial charge in [-0.05, 0) is 23.8 Å². The Morgan fingerprint density at radius 3 is 2.55 bits per heavy atom. The van der Waals surface area contributed by atoms with Crippen molar-refractivity contribution in [3.8, 4) is 5.75 Å². The zero-order chi connectivity index (χ0) is 20.6. The Morgan fingerprint density at radius 1 is 1.17 bits per heavy atom. The van der Waals surface area contributed by atoms with Crippen LogP contribution in [0.15, 0.2) is 47.6 Å². The van der Waals surface area contributed by atoms with Crippen molar-refractivity contribution in [2.45, 2.75) is 6.54 Å². The smallest absolute Gasteiger partial charge is 0.254 e. The van der Waals surface area contributed by atoms with E-state index >= 15 is 0 Å². The predicted octanol–water partition coefficient (Wildman–Crippen LogP) is 2.35. The van der Waals surface area contributed by atoms with Crippen LogP contribution in [0.1, 0.15) is 11.1 Å². The third kappa shape index (κ3) is 6.10. The van der Waals surface area contributed by atoms with Crippen LogP contribution >= 0.6 is 0 Å². The maximum atomic E-state index is 13.2. The van der Waals surface area contributed by atoms with Crippen molar-refractivity contribution in [3.05, 3.63) is 70.8 Å². The molecule has 1 aliphatic heterocycles. The number of phenols is 1. The lowest BCUT2D eigenvalue weighted by Gasteiger charge is -2.34. The second-order valence-corrected chi connectivity index (χ2v) is 6.83. The molecule has 2 aromatic rings. The molecule has 1 saturated heterocycles. The molecule has 150 valence electrons. The first-order valence-electron chi connectivity index (χ1n) is 9.25. The molecule has 2 aromatic carbocycles. The summed E-state index contributed by atoms with van der Waals surface area (Å²) in [5.41, 5.74) is 4.41. The van der Waals surface area contributed by atoms with Gasteiger partial charge >= 0.3 is 0 Å². The number of hydrogen-bond acceptors (Lipinski definition) is 5.